The molecule has 0 spiro atoms. The minimum atomic E-state index is -0.464. The monoisotopic (exact) mass is 1640 g/mol. The van der Waals surface area contributed by atoms with Gasteiger partial charge in [-0.15, -0.1) is 0 Å². The van der Waals surface area contributed by atoms with E-state index in [9.17, 15) is 71.9 Å². The molecular formula is C85H70O20Th. The van der Waals surface area contributed by atoms with E-state index >= 15 is 0 Å². The Morgan fingerprint density at radius 1 is 0.160 bits per heavy atom. The summed E-state index contributed by atoms with van der Waals surface area (Å²) in [6, 6.07) is 73.6. The first-order chi connectivity index (χ1) is 50.6. The number of carbonyl (C=O) groups is 15. The van der Waals surface area contributed by atoms with Gasteiger partial charge in [-0.2, -0.15) is 0 Å². The van der Waals surface area contributed by atoms with Crippen molar-refractivity contribution in [1.82, 2.24) is 0 Å². The number of methoxy groups -OCH3 is 5. The largest absolute Gasteiger partial charge is 0.465 e. The van der Waals surface area contributed by atoms with Crippen molar-refractivity contribution in [2.75, 3.05) is 35.5 Å². The van der Waals surface area contributed by atoms with E-state index in [1.165, 1.54) is 157 Å². The second kappa shape index (κ2) is 44.2. The number of hydrogen-bond acceptors (Lipinski definition) is 20. The maximum Gasteiger partial charge on any atom is 0.337 e. The first-order valence-electron chi connectivity index (χ1n) is 32.1. The van der Waals surface area contributed by atoms with E-state index in [1.54, 1.807) is 121 Å². The zero-order valence-corrected chi connectivity index (χ0v) is 62.3. The number of esters is 5. The van der Waals surface area contributed by atoms with Gasteiger partial charge < -0.3 is 23.7 Å². The summed E-state index contributed by atoms with van der Waals surface area (Å²) < 4.78 is 22.9. The number of rotatable bonds is 25. The Morgan fingerprint density at radius 2 is 0.255 bits per heavy atom. The number of ketones is 10. The maximum absolute atomic E-state index is 12.0. The van der Waals surface area contributed by atoms with E-state index in [1.807, 2.05) is 30.3 Å². The van der Waals surface area contributed by atoms with Crippen molar-refractivity contribution in [3.63, 3.8) is 0 Å². The van der Waals surface area contributed by atoms with Crippen LogP contribution < -0.4 is 0 Å². The van der Waals surface area contributed by atoms with Gasteiger partial charge in [0.25, 0.3) is 0 Å². The summed E-state index contributed by atoms with van der Waals surface area (Å²) >= 11 is 0. The summed E-state index contributed by atoms with van der Waals surface area (Å²) in [5, 5.41) is 0. The van der Waals surface area contributed by atoms with Gasteiger partial charge in [-0.3, -0.25) is 47.9 Å². The molecule has 0 unspecified atom stereocenters. The van der Waals surface area contributed by atoms with Crippen LogP contribution in [0.25, 0.3) is 0 Å². The molecule has 10 aromatic carbocycles. The molecule has 534 valence electrons. The molecule has 0 atom stereocenters. The van der Waals surface area contributed by atoms with Gasteiger partial charge in [0.15, 0.2) is 57.8 Å². The Bertz CT molecular complexity index is 4000. The van der Waals surface area contributed by atoms with Crippen LogP contribution in [0, 0.1) is 39.9 Å². The van der Waals surface area contributed by atoms with Crippen molar-refractivity contribution in [2.45, 2.75) is 32.1 Å². The molecule has 106 heavy (non-hydrogen) atoms. The van der Waals surface area contributed by atoms with Crippen LogP contribution >= 0.6 is 0 Å². The molecule has 0 fully saturated rings. The van der Waals surface area contributed by atoms with E-state index in [0.29, 0.717) is 83.5 Å². The van der Waals surface area contributed by atoms with Crippen molar-refractivity contribution < 1.29 is 136 Å². The Labute approximate surface area is 642 Å². The number of hydrogen-bond donors (Lipinski definition) is 0. The molecule has 20 nitrogen and oxygen atoms in total. The fraction of sp³-hybridized carbons (Fsp3) is 0.118. The fourth-order valence-electron chi connectivity index (χ4n) is 9.42. The van der Waals surface area contributed by atoms with Crippen LogP contribution in [0.15, 0.2) is 273 Å². The summed E-state index contributed by atoms with van der Waals surface area (Å²) in [6.07, 6.45) is -0.964. The van der Waals surface area contributed by atoms with Crippen molar-refractivity contribution >= 4 is 87.7 Å². The van der Waals surface area contributed by atoms with Gasteiger partial charge in [-0.25, -0.2) is 24.0 Å². The Morgan fingerprint density at radius 3 is 0.358 bits per heavy atom. The molecule has 0 aromatic heterocycles. The normalized spacial score (nSPS) is 9.86. The van der Waals surface area contributed by atoms with E-state index in [4.69, 9.17) is 0 Å². The molecule has 10 aromatic rings. The Balaban J connectivity index is 0.000000237. The van der Waals surface area contributed by atoms with Crippen LogP contribution in [0.3, 0.4) is 0 Å². The van der Waals surface area contributed by atoms with Crippen LogP contribution in [-0.2, 0) is 23.7 Å². The molecule has 0 amide bonds. The van der Waals surface area contributed by atoms with Crippen molar-refractivity contribution in [1.29, 1.82) is 0 Å². The maximum atomic E-state index is 12.0. The van der Waals surface area contributed by atoms with Crippen molar-refractivity contribution in [3.05, 3.63) is 356 Å². The van der Waals surface area contributed by atoms with Crippen LogP contribution in [0.2, 0.25) is 0 Å². The van der Waals surface area contributed by atoms with Crippen molar-refractivity contribution in [2.24, 2.45) is 0 Å². The van der Waals surface area contributed by atoms with Crippen molar-refractivity contribution in [3.8, 4) is 0 Å². The molecule has 0 N–H and O–H groups in total. The molecule has 0 aliphatic rings. The van der Waals surface area contributed by atoms with E-state index < -0.39 is 29.8 Å². The number of carbonyl (C=O) groups excluding carboxylic acids is 15. The predicted octanol–water partition coefficient (Wildman–Crippen LogP) is 14.6. The molecule has 21 heteroatoms. The molecule has 0 bridgehead atoms. The molecule has 0 saturated carbocycles. The van der Waals surface area contributed by atoms with Gasteiger partial charge in [-0.1, -0.05) is 212 Å². The standard InChI is InChI=1S/5C17H14O4.Th/c5*1-21-17(20)14-9-7-13(8-10-14)16(19)11-15(18)12-5-3-2-4-6-12;/h5*2-10H,11H2,1H3;. The van der Waals surface area contributed by atoms with E-state index in [-0.39, 0.29) is 130 Å². The summed E-state index contributed by atoms with van der Waals surface area (Å²) in [6.45, 7) is 0. The van der Waals surface area contributed by atoms with E-state index in [2.05, 4.69) is 23.7 Å². The second-order valence-electron chi connectivity index (χ2n) is 22.3. The Hall–Kier alpha value is -12.4. The van der Waals surface area contributed by atoms with Crippen LogP contribution in [0.1, 0.15) is 187 Å². The van der Waals surface area contributed by atoms with Gasteiger partial charge in [-0.05, 0) is 60.7 Å². The molecular weight excluding hydrogens is 1570 g/mol. The van der Waals surface area contributed by atoms with E-state index in [0.717, 1.165) is 0 Å². The van der Waals surface area contributed by atoms with Crippen LogP contribution in [0.5, 0.6) is 0 Å². The van der Waals surface area contributed by atoms with Crippen LogP contribution in [0.4, 0.5) is 0 Å². The topological polar surface area (TPSA) is 302 Å². The van der Waals surface area contributed by atoms with Gasteiger partial charge in [0.2, 0.25) is 0 Å². The first kappa shape index (κ1) is 84.2. The number of ether oxygens (including phenoxy) is 5. The quantitative estimate of drug-likeness (QED) is 0.0222. The third-order valence-electron chi connectivity index (χ3n) is 15.2. The van der Waals surface area contributed by atoms with Gasteiger partial charge in [0, 0.05) is 95.6 Å². The predicted molar refractivity (Wildman–Crippen MR) is 388 cm³/mol. The first-order valence-corrected chi connectivity index (χ1v) is 32.1. The third kappa shape index (κ3) is 26.8. The molecule has 0 aliphatic heterocycles. The SMILES string of the molecule is COC(=O)c1ccc(C(=O)CC(=O)c2ccccc2)cc1.COC(=O)c1ccc(C(=O)CC(=O)c2ccccc2)cc1.COC(=O)c1ccc(C(=O)CC(=O)c2ccccc2)cc1.COC(=O)c1ccc(C(=O)CC(=O)c2ccccc2)cc1.COC(=O)c1ccc(C(=O)CC(=O)c2ccccc2)cc1.[Th]. The summed E-state index contributed by atoms with van der Waals surface area (Å²) in [5.74, 6) is -4.83. The van der Waals surface area contributed by atoms with Gasteiger partial charge in [0.05, 0.1) is 95.5 Å². The van der Waals surface area contributed by atoms with Gasteiger partial charge >= 0.3 is 29.8 Å². The summed E-state index contributed by atoms with van der Waals surface area (Å²) in [4.78, 5) is 176. The number of benzene rings is 10. The summed E-state index contributed by atoms with van der Waals surface area (Å²) in [5.41, 5.74) is 6.35. The molecule has 0 radical (unpaired) electrons. The molecule has 0 aliphatic carbocycles. The Kier molecular flexibility index (Phi) is 35.1. The third-order valence-corrected chi connectivity index (χ3v) is 15.2. The van der Waals surface area contributed by atoms with Crippen LogP contribution in [-0.4, -0.2) is 123 Å². The zero-order valence-electron chi connectivity index (χ0n) is 58.2. The zero-order chi connectivity index (χ0) is 76.2. The molecule has 0 heterocycles. The molecule has 0 saturated heterocycles. The second-order valence-corrected chi connectivity index (χ2v) is 22.3. The average molecular weight is 1640 g/mol. The summed E-state index contributed by atoms with van der Waals surface area (Å²) in [7, 11) is 6.46. The van der Waals surface area contributed by atoms with Gasteiger partial charge in [0.1, 0.15) is 0 Å². The molecule has 10 rings (SSSR count). The smallest absolute Gasteiger partial charge is 0.337 e. The fourth-order valence-corrected chi connectivity index (χ4v) is 9.42. The average Bonchev–Trinajstić information content (AvgIpc) is 0.877. The minimum Gasteiger partial charge on any atom is -0.465 e. The number of Topliss-reactive ketones (excluding diaryl/α,β-unsaturated/α-hetero) is 10. The minimum absolute atomic E-state index is 0.